The topological polar surface area (TPSA) is 21.6 Å². The summed E-state index contributed by atoms with van der Waals surface area (Å²) >= 11 is 0. The van der Waals surface area contributed by atoms with Gasteiger partial charge in [0.05, 0.1) is 0 Å². The van der Waals surface area contributed by atoms with Crippen LogP contribution in [0.1, 0.15) is 32.8 Å². The fourth-order valence-electron chi connectivity index (χ4n) is 2.09. The van der Waals surface area contributed by atoms with Gasteiger partial charge < -0.3 is 4.74 Å². The van der Waals surface area contributed by atoms with Crippen LogP contribution in [0.3, 0.4) is 0 Å². The molecule has 1 rings (SSSR count). The lowest BCUT2D eigenvalue weighted by Gasteiger charge is -2.12. The molecule has 1 aromatic carbocycles. The average molecular weight is 289 g/mol. The highest BCUT2D eigenvalue weighted by Crippen LogP contribution is 2.19. The van der Waals surface area contributed by atoms with E-state index in [0.29, 0.717) is 12.5 Å². The third-order valence-electron chi connectivity index (χ3n) is 3.27. The van der Waals surface area contributed by atoms with Crippen LogP contribution in [0.25, 0.3) is 0 Å². The summed E-state index contributed by atoms with van der Waals surface area (Å²) in [5, 5.41) is 0. The molecule has 0 N–H and O–H groups in total. The van der Waals surface area contributed by atoms with Gasteiger partial charge in [0, 0.05) is 12.1 Å². The Kier molecular flexibility index (Phi) is 8.10. The molecule has 0 heterocycles. The van der Waals surface area contributed by atoms with Crippen LogP contribution in [0.15, 0.2) is 58.9 Å². The molecule has 0 aliphatic rings. The van der Waals surface area contributed by atoms with E-state index < -0.39 is 6.67 Å². The van der Waals surface area contributed by atoms with E-state index in [-0.39, 0.29) is 5.92 Å². The van der Waals surface area contributed by atoms with E-state index in [4.69, 9.17) is 4.74 Å². The lowest BCUT2D eigenvalue weighted by Crippen LogP contribution is -1.99. The third kappa shape index (κ3) is 6.39. The molecule has 0 spiro atoms. The van der Waals surface area contributed by atoms with Crippen molar-refractivity contribution in [3.05, 3.63) is 59.5 Å². The molecule has 1 aromatic rings. The van der Waals surface area contributed by atoms with Crippen molar-refractivity contribution < 1.29 is 9.13 Å². The smallest absolute Gasteiger partial charge is 0.209 e. The fraction of sp³-hybridized carbons (Fsp3) is 0.389. The van der Waals surface area contributed by atoms with Crippen LogP contribution in [-0.4, -0.2) is 12.9 Å². The van der Waals surface area contributed by atoms with Crippen molar-refractivity contribution in [2.75, 3.05) is 6.67 Å². The first kappa shape index (κ1) is 17.2. The zero-order valence-electron chi connectivity index (χ0n) is 13.1. The molecule has 0 saturated carbocycles. The molecule has 0 aromatic heterocycles. The molecule has 1 atom stereocenters. The van der Waals surface area contributed by atoms with Crippen molar-refractivity contribution in [1.29, 1.82) is 0 Å². The first-order chi connectivity index (χ1) is 10.2. The largest absolute Gasteiger partial charge is 0.473 e. The Hall–Kier alpha value is -1.90. The van der Waals surface area contributed by atoms with Gasteiger partial charge >= 0.3 is 0 Å². The maximum Gasteiger partial charge on any atom is 0.209 e. The summed E-state index contributed by atoms with van der Waals surface area (Å²) in [6, 6.07) is 9.87. The predicted octanol–water partition coefficient (Wildman–Crippen LogP) is 5.08. The van der Waals surface area contributed by atoms with E-state index in [1.807, 2.05) is 43.3 Å². The lowest BCUT2D eigenvalue weighted by molar-refractivity contribution is 0.195. The normalized spacial score (nSPS) is 14.5. The van der Waals surface area contributed by atoms with Crippen molar-refractivity contribution in [3.8, 4) is 0 Å². The number of hydrogen-bond acceptors (Lipinski definition) is 2. The van der Waals surface area contributed by atoms with Crippen LogP contribution in [0, 0.1) is 5.92 Å². The molecule has 3 heteroatoms. The summed E-state index contributed by atoms with van der Waals surface area (Å²) in [6.07, 6.45) is 6.25. The highest BCUT2D eigenvalue weighted by Gasteiger charge is 2.06. The Bertz CT molecular complexity index is 491. The predicted molar refractivity (Wildman–Crippen MR) is 87.0 cm³/mol. The van der Waals surface area contributed by atoms with E-state index in [2.05, 4.69) is 24.9 Å². The standard InChI is InChI=1S/C18H24FNO/c1-4-17(5-2)15(3)13-18(20-12-11-19)21-14-16-9-7-6-8-10-16/h4,6-10,12-13,15H,5,11,14H2,1-3H3/b17-4+,18-13+,20-12-. The molecule has 0 saturated heterocycles. The van der Waals surface area contributed by atoms with Crippen molar-refractivity contribution in [1.82, 2.24) is 0 Å². The maximum atomic E-state index is 12.3. The number of halogens is 1. The highest BCUT2D eigenvalue weighted by atomic mass is 19.1. The van der Waals surface area contributed by atoms with Crippen molar-refractivity contribution >= 4 is 6.21 Å². The van der Waals surface area contributed by atoms with Crippen LogP contribution >= 0.6 is 0 Å². The second-order valence-corrected chi connectivity index (χ2v) is 4.75. The Morgan fingerprint density at radius 3 is 2.62 bits per heavy atom. The molecular formula is C18H24FNO. The van der Waals surface area contributed by atoms with Crippen molar-refractivity contribution in [3.63, 3.8) is 0 Å². The van der Waals surface area contributed by atoms with E-state index >= 15 is 0 Å². The minimum absolute atomic E-state index is 0.225. The van der Waals surface area contributed by atoms with Gasteiger partial charge in [-0.15, -0.1) is 0 Å². The van der Waals surface area contributed by atoms with Gasteiger partial charge in [-0.25, -0.2) is 9.38 Å². The van der Waals surface area contributed by atoms with Gasteiger partial charge in [-0.05, 0) is 25.0 Å². The SMILES string of the molecule is C/C=C(\CC)C(C)/C=C(\N=C/CF)OCc1ccccc1. The molecule has 0 aliphatic carbocycles. The van der Waals surface area contributed by atoms with Crippen molar-refractivity contribution in [2.45, 2.75) is 33.8 Å². The van der Waals surface area contributed by atoms with Gasteiger partial charge in [0.1, 0.15) is 13.3 Å². The summed E-state index contributed by atoms with van der Waals surface area (Å²) in [5.41, 5.74) is 2.37. The van der Waals surface area contributed by atoms with Gasteiger partial charge in [0.15, 0.2) is 0 Å². The molecule has 0 bridgehead atoms. The Morgan fingerprint density at radius 1 is 1.33 bits per heavy atom. The second kappa shape index (κ2) is 9.92. The summed E-state index contributed by atoms with van der Waals surface area (Å²) in [6.45, 7) is 6.08. The summed E-state index contributed by atoms with van der Waals surface area (Å²) in [7, 11) is 0. The van der Waals surface area contributed by atoms with Gasteiger partial charge in [-0.2, -0.15) is 0 Å². The number of aliphatic imine (C=N–C) groups is 1. The lowest BCUT2D eigenvalue weighted by atomic mass is 9.98. The fourth-order valence-corrected chi connectivity index (χ4v) is 2.09. The molecule has 1 unspecified atom stereocenters. The zero-order chi connectivity index (χ0) is 15.5. The molecule has 0 fully saturated rings. The molecule has 2 nitrogen and oxygen atoms in total. The first-order valence-electron chi connectivity index (χ1n) is 7.33. The van der Waals surface area contributed by atoms with E-state index in [1.54, 1.807) is 0 Å². The van der Waals surface area contributed by atoms with Crippen LogP contribution in [0.5, 0.6) is 0 Å². The van der Waals surface area contributed by atoms with Crippen LogP contribution in [0.4, 0.5) is 4.39 Å². The van der Waals surface area contributed by atoms with Gasteiger partial charge in [0.25, 0.3) is 0 Å². The summed E-state index contributed by atoms with van der Waals surface area (Å²) in [4.78, 5) is 4.06. The average Bonchev–Trinajstić information content (AvgIpc) is 2.52. The van der Waals surface area contributed by atoms with Gasteiger partial charge in [0.2, 0.25) is 5.88 Å². The maximum absolute atomic E-state index is 12.3. The monoisotopic (exact) mass is 289 g/mol. The Morgan fingerprint density at radius 2 is 2.05 bits per heavy atom. The van der Waals surface area contributed by atoms with Gasteiger partial charge in [-0.1, -0.05) is 55.8 Å². The molecular weight excluding hydrogens is 265 g/mol. The Labute approximate surface area is 127 Å². The zero-order valence-corrected chi connectivity index (χ0v) is 13.1. The molecule has 114 valence electrons. The van der Waals surface area contributed by atoms with Crippen molar-refractivity contribution in [2.24, 2.45) is 10.9 Å². The second-order valence-electron chi connectivity index (χ2n) is 4.75. The van der Waals surface area contributed by atoms with Gasteiger partial charge in [-0.3, -0.25) is 0 Å². The number of rotatable bonds is 8. The van der Waals surface area contributed by atoms with E-state index in [1.165, 1.54) is 11.8 Å². The van der Waals surface area contributed by atoms with Crippen LogP contribution in [-0.2, 0) is 11.3 Å². The van der Waals surface area contributed by atoms with E-state index in [0.717, 1.165) is 12.0 Å². The minimum Gasteiger partial charge on any atom is -0.473 e. The van der Waals surface area contributed by atoms with Crippen LogP contribution < -0.4 is 0 Å². The number of nitrogens with zero attached hydrogens (tertiary/aromatic N) is 1. The molecule has 0 amide bonds. The molecule has 21 heavy (non-hydrogen) atoms. The first-order valence-corrected chi connectivity index (χ1v) is 7.33. The Balaban J connectivity index is 2.77. The van der Waals surface area contributed by atoms with Crippen LogP contribution in [0.2, 0.25) is 0 Å². The third-order valence-corrected chi connectivity index (χ3v) is 3.27. The number of ether oxygens (including phenoxy) is 1. The molecule has 0 aliphatic heterocycles. The summed E-state index contributed by atoms with van der Waals surface area (Å²) in [5.74, 6) is 0.694. The number of hydrogen-bond donors (Lipinski definition) is 0. The molecule has 0 radical (unpaired) electrons. The van der Waals surface area contributed by atoms with E-state index in [9.17, 15) is 4.39 Å². The quantitative estimate of drug-likeness (QED) is 0.371. The number of allylic oxidation sites excluding steroid dienone is 3. The summed E-state index contributed by atoms with van der Waals surface area (Å²) < 4.78 is 18.0. The number of benzene rings is 1. The number of alkyl halides is 1. The minimum atomic E-state index is -0.593. The highest BCUT2D eigenvalue weighted by molar-refractivity contribution is 5.59.